The van der Waals surface area contributed by atoms with Crippen LogP contribution >= 0.6 is 0 Å². The van der Waals surface area contributed by atoms with Crippen molar-refractivity contribution < 1.29 is 4.79 Å². The zero-order chi connectivity index (χ0) is 13.1. The molecule has 0 radical (unpaired) electrons. The van der Waals surface area contributed by atoms with Crippen molar-refractivity contribution in [3.63, 3.8) is 0 Å². The molecular formula is C14H22N2O. The summed E-state index contributed by atoms with van der Waals surface area (Å²) in [5.41, 5.74) is 6.64. The number of hydrogen-bond donors (Lipinski definition) is 2. The van der Waals surface area contributed by atoms with Gasteiger partial charge in [0.15, 0.2) is 0 Å². The van der Waals surface area contributed by atoms with Crippen molar-refractivity contribution >= 4 is 5.91 Å². The molecule has 1 unspecified atom stereocenters. The monoisotopic (exact) mass is 234 g/mol. The molecule has 0 aliphatic heterocycles. The first kappa shape index (κ1) is 13.7. The lowest BCUT2D eigenvalue weighted by Crippen LogP contribution is -2.50. The largest absolute Gasteiger partial charge is 0.351 e. The van der Waals surface area contributed by atoms with E-state index < -0.39 is 6.04 Å². The quantitative estimate of drug-likeness (QED) is 0.835. The third-order valence-electron chi connectivity index (χ3n) is 3.37. The molecule has 1 aromatic rings. The molecule has 3 nitrogen and oxygen atoms in total. The van der Waals surface area contributed by atoms with Gasteiger partial charge in [-0.2, -0.15) is 0 Å². The maximum absolute atomic E-state index is 11.6. The maximum Gasteiger partial charge on any atom is 0.236 e. The number of carbonyl (C=O) groups is 1. The fraction of sp³-hybridized carbons (Fsp3) is 0.500. The van der Waals surface area contributed by atoms with Crippen LogP contribution in [0.3, 0.4) is 0 Å². The second-order valence-electron chi connectivity index (χ2n) is 5.11. The van der Waals surface area contributed by atoms with Gasteiger partial charge in [-0.1, -0.05) is 44.2 Å². The predicted molar refractivity (Wildman–Crippen MR) is 70.7 cm³/mol. The SMILES string of the molecule is CC(NC(=O)[C@H](C)N)C(C)(C)c1ccccc1. The first-order chi connectivity index (χ1) is 7.85. The number of amides is 1. The van der Waals surface area contributed by atoms with Crippen molar-refractivity contribution in [2.45, 2.75) is 45.2 Å². The summed E-state index contributed by atoms with van der Waals surface area (Å²) in [7, 11) is 0. The molecule has 1 amide bonds. The molecular weight excluding hydrogens is 212 g/mol. The van der Waals surface area contributed by atoms with E-state index in [-0.39, 0.29) is 17.4 Å². The molecule has 1 rings (SSSR count). The fourth-order valence-corrected chi connectivity index (χ4v) is 1.64. The van der Waals surface area contributed by atoms with Gasteiger partial charge in [-0.15, -0.1) is 0 Å². The van der Waals surface area contributed by atoms with E-state index in [2.05, 4.69) is 31.3 Å². The van der Waals surface area contributed by atoms with E-state index in [1.807, 2.05) is 25.1 Å². The normalized spacial score (nSPS) is 15.1. The number of rotatable bonds is 4. The number of hydrogen-bond acceptors (Lipinski definition) is 2. The Balaban J connectivity index is 2.80. The van der Waals surface area contributed by atoms with Gasteiger partial charge < -0.3 is 11.1 Å². The number of nitrogens with one attached hydrogen (secondary N) is 1. The van der Waals surface area contributed by atoms with Crippen molar-refractivity contribution in [2.75, 3.05) is 0 Å². The average Bonchev–Trinajstić information content (AvgIpc) is 2.29. The van der Waals surface area contributed by atoms with Crippen LogP contribution in [-0.4, -0.2) is 18.0 Å². The second-order valence-corrected chi connectivity index (χ2v) is 5.11. The Morgan fingerprint density at radius 2 is 1.76 bits per heavy atom. The number of benzene rings is 1. The summed E-state index contributed by atoms with van der Waals surface area (Å²) in [6.07, 6.45) is 0. The molecule has 0 spiro atoms. The van der Waals surface area contributed by atoms with Crippen LogP contribution in [-0.2, 0) is 10.2 Å². The Bertz CT molecular complexity index is 371. The highest BCUT2D eigenvalue weighted by molar-refractivity contribution is 5.81. The number of nitrogens with two attached hydrogens (primary N) is 1. The van der Waals surface area contributed by atoms with Gasteiger partial charge in [-0.3, -0.25) is 4.79 Å². The molecule has 17 heavy (non-hydrogen) atoms. The van der Waals surface area contributed by atoms with E-state index >= 15 is 0 Å². The lowest BCUT2D eigenvalue weighted by atomic mass is 9.78. The number of carbonyl (C=O) groups excluding carboxylic acids is 1. The Morgan fingerprint density at radius 3 is 2.24 bits per heavy atom. The van der Waals surface area contributed by atoms with E-state index in [9.17, 15) is 4.79 Å². The zero-order valence-electron chi connectivity index (χ0n) is 11.0. The smallest absolute Gasteiger partial charge is 0.236 e. The summed E-state index contributed by atoms with van der Waals surface area (Å²) in [5.74, 6) is -0.110. The van der Waals surface area contributed by atoms with Gasteiger partial charge >= 0.3 is 0 Å². The van der Waals surface area contributed by atoms with Crippen LogP contribution in [0.2, 0.25) is 0 Å². The standard InChI is InChI=1S/C14H22N2O/c1-10(15)13(17)16-11(2)14(3,4)12-8-6-5-7-9-12/h5-11H,15H2,1-4H3,(H,16,17)/t10-,11?/m0/s1. The van der Waals surface area contributed by atoms with Crippen molar-refractivity contribution in [1.82, 2.24) is 5.32 Å². The van der Waals surface area contributed by atoms with Crippen LogP contribution in [0.4, 0.5) is 0 Å². The lowest BCUT2D eigenvalue weighted by Gasteiger charge is -2.33. The molecule has 0 fully saturated rings. The maximum atomic E-state index is 11.6. The molecule has 0 aromatic heterocycles. The summed E-state index contributed by atoms with van der Waals surface area (Å²) in [4.78, 5) is 11.6. The van der Waals surface area contributed by atoms with Gasteiger partial charge in [0.2, 0.25) is 5.91 Å². The summed E-state index contributed by atoms with van der Waals surface area (Å²) < 4.78 is 0. The van der Waals surface area contributed by atoms with Crippen LogP contribution < -0.4 is 11.1 Å². The zero-order valence-corrected chi connectivity index (χ0v) is 11.0. The highest BCUT2D eigenvalue weighted by Gasteiger charge is 2.29. The third-order valence-corrected chi connectivity index (χ3v) is 3.37. The van der Waals surface area contributed by atoms with Gasteiger partial charge in [0, 0.05) is 11.5 Å². The molecule has 0 bridgehead atoms. The van der Waals surface area contributed by atoms with Crippen LogP contribution in [0.25, 0.3) is 0 Å². The Hall–Kier alpha value is -1.35. The van der Waals surface area contributed by atoms with E-state index in [4.69, 9.17) is 5.73 Å². The highest BCUT2D eigenvalue weighted by atomic mass is 16.2. The van der Waals surface area contributed by atoms with Gasteiger partial charge in [0.05, 0.1) is 6.04 Å². The molecule has 3 N–H and O–H groups in total. The van der Waals surface area contributed by atoms with Crippen molar-refractivity contribution in [3.05, 3.63) is 35.9 Å². The van der Waals surface area contributed by atoms with Gasteiger partial charge in [-0.05, 0) is 19.4 Å². The van der Waals surface area contributed by atoms with Crippen molar-refractivity contribution in [3.8, 4) is 0 Å². The molecule has 0 aliphatic rings. The molecule has 0 heterocycles. The van der Waals surface area contributed by atoms with Gasteiger partial charge in [0.25, 0.3) is 0 Å². The Morgan fingerprint density at radius 1 is 1.24 bits per heavy atom. The van der Waals surface area contributed by atoms with E-state index in [0.29, 0.717) is 0 Å². The first-order valence-corrected chi connectivity index (χ1v) is 5.97. The van der Waals surface area contributed by atoms with Crippen LogP contribution in [0, 0.1) is 0 Å². The minimum absolute atomic E-state index is 0.0309. The molecule has 1 aromatic carbocycles. The lowest BCUT2D eigenvalue weighted by molar-refractivity contribution is -0.123. The van der Waals surface area contributed by atoms with E-state index in [1.165, 1.54) is 5.56 Å². The van der Waals surface area contributed by atoms with E-state index in [1.54, 1.807) is 6.92 Å². The highest BCUT2D eigenvalue weighted by Crippen LogP contribution is 2.26. The summed E-state index contributed by atoms with van der Waals surface area (Å²) in [5, 5.41) is 2.95. The van der Waals surface area contributed by atoms with Crippen molar-refractivity contribution in [2.24, 2.45) is 5.73 Å². The van der Waals surface area contributed by atoms with Crippen molar-refractivity contribution in [1.29, 1.82) is 0 Å². The average molecular weight is 234 g/mol. The Kier molecular flexibility index (Phi) is 4.29. The topological polar surface area (TPSA) is 55.1 Å². The van der Waals surface area contributed by atoms with E-state index in [0.717, 1.165) is 0 Å². The predicted octanol–water partition coefficient (Wildman–Crippen LogP) is 1.82. The van der Waals surface area contributed by atoms with Crippen LogP contribution in [0.15, 0.2) is 30.3 Å². The first-order valence-electron chi connectivity index (χ1n) is 5.97. The molecule has 3 heteroatoms. The molecule has 2 atom stereocenters. The van der Waals surface area contributed by atoms with Crippen LogP contribution in [0.5, 0.6) is 0 Å². The van der Waals surface area contributed by atoms with Crippen LogP contribution in [0.1, 0.15) is 33.3 Å². The molecule has 0 saturated carbocycles. The summed E-state index contributed by atoms with van der Waals surface area (Å²) >= 11 is 0. The fourth-order valence-electron chi connectivity index (χ4n) is 1.64. The van der Waals surface area contributed by atoms with Gasteiger partial charge in [0.1, 0.15) is 0 Å². The van der Waals surface area contributed by atoms with Gasteiger partial charge in [-0.25, -0.2) is 0 Å². The summed E-state index contributed by atoms with van der Waals surface area (Å²) in [6, 6.07) is 9.73. The Labute approximate surface area is 103 Å². The molecule has 94 valence electrons. The molecule has 0 aliphatic carbocycles. The summed E-state index contributed by atoms with van der Waals surface area (Å²) in [6.45, 7) is 7.94. The third kappa shape index (κ3) is 3.30. The molecule has 0 saturated heterocycles. The second kappa shape index (κ2) is 5.32. The minimum atomic E-state index is -0.468. The minimum Gasteiger partial charge on any atom is -0.351 e.